The van der Waals surface area contributed by atoms with E-state index in [-0.39, 0.29) is 5.97 Å². The molecule has 0 aromatic rings. The third kappa shape index (κ3) is 19.2. The van der Waals surface area contributed by atoms with E-state index in [9.17, 15) is 4.79 Å². The van der Waals surface area contributed by atoms with Crippen LogP contribution < -0.4 is 0 Å². The second kappa shape index (κ2) is 19.3. The van der Waals surface area contributed by atoms with Crippen molar-refractivity contribution in [2.45, 2.75) is 110 Å². The summed E-state index contributed by atoms with van der Waals surface area (Å²) < 4.78 is 5.06. The molecule has 0 aromatic carbocycles. The molecule has 0 spiro atoms. The number of hydrogen-bond donors (Lipinski definition) is 0. The minimum Gasteiger partial charge on any atom is -0.466 e. The third-order valence-corrected chi connectivity index (χ3v) is 4.11. The Balaban J connectivity index is 3.14. The number of unbranched alkanes of at least 4 members (excludes halogenated alkanes) is 11. The predicted octanol–water partition coefficient (Wildman–Crippen LogP) is 6.98. The molecule has 0 saturated carbocycles. The highest BCUT2D eigenvalue weighted by atomic mass is 16.5. The van der Waals surface area contributed by atoms with E-state index in [4.69, 9.17) is 4.74 Å². The molecule has 0 aromatic heterocycles. The molecule has 0 N–H and O–H groups in total. The average Bonchev–Trinajstić information content (AvgIpc) is 2.56. The molecule has 2 nitrogen and oxygen atoms in total. The summed E-state index contributed by atoms with van der Waals surface area (Å²) in [6.07, 6.45) is 23.0. The Morgan fingerprint density at radius 3 is 1.78 bits per heavy atom. The summed E-state index contributed by atoms with van der Waals surface area (Å²) in [5, 5.41) is 0. The van der Waals surface area contributed by atoms with Crippen LogP contribution in [0.2, 0.25) is 0 Å². The Kier molecular flexibility index (Phi) is 18.6. The lowest BCUT2D eigenvalue weighted by Crippen LogP contribution is -2.04. The van der Waals surface area contributed by atoms with Gasteiger partial charge in [0.1, 0.15) is 0 Å². The van der Waals surface area contributed by atoms with E-state index in [2.05, 4.69) is 19.1 Å². The van der Waals surface area contributed by atoms with Crippen LogP contribution >= 0.6 is 0 Å². The molecule has 0 saturated heterocycles. The number of esters is 1. The molecule has 0 heterocycles. The van der Waals surface area contributed by atoms with E-state index in [1.807, 2.05) is 6.92 Å². The number of ether oxygens (including phenoxy) is 1. The van der Waals surface area contributed by atoms with E-state index in [1.165, 1.54) is 70.6 Å². The molecule has 23 heavy (non-hydrogen) atoms. The van der Waals surface area contributed by atoms with Crippen LogP contribution in [0.15, 0.2) is 12.2 Å². The monoisotopic (exact) mass is 324 g/mol. The second-order valence-corrected chi connectivity index (χ2v) is 6.55. The molecule has 0 rings (SSSR count). The van der Waals surface area contributed by atoms with Crippen LogP contribution in [-0.2, 0) is 9.53 Å². The van der Waals surface area contributed by atoms with Gasteiger partial charge in [0.2, 0.25) is 0 Å². The molecule has 0 radical (unpaired) electrons. The first-order valence-corrected chi connectivity index (χ1v) is 10.1. The maximum atomic E-state index is 11.3. The fraction of sp³-hybridized carbons (Fsp3) is 0.857. The van der Waals surface area contributed by atoms with Gasteiger partial charge in [0, 0.05) is 6.42 Å². The van der Waals surface area contributed by atoms with Crippen molar-refractivity contribution in [3.05, 3.63) is 12.2 Å². The fourth-order valence-corrected chi connectivity index (χ4v) is 2.63. The van der Waals surface area contributed by atoms with Crippen LogP contribution in [0, 0.1) is 0 Å². The van der Waals surface area contributed by atoms with Crippen LogP contribution in [0.3, 0.4) is 0 Å². The molecule has 0 unspecified atom stereocenters. The highest BCUT2D eigenvalue weighted by Crippen LogP contribution is 2.10. The number of carbonyl (C=O) groups is 1. The minimum atomic E-state index is -0.0236. The summed E-state index contributed by atoms with van der Waals surface area (Å²) >= 11 is 0. The SMILES string of the molecule is CCCCCCCCC=CCCCCCCCC(=O)OCCC. The van der Waals surface area contributed by atoms with Gasteiger partial charge in [-0.05, 0) is 38.5 Å². The first-order chi connectivity index (χ1) is 11.3. The van der Waals surface area contributed by atoms with Crippen molar-refractivity contribution in [3.63, 3.8) is 0 Å². The third-order valence-electron chi connectivity index (χ3n) is 4.11. The van der Waals surface area contributed by atoms with E-state index >= 15 is 0 Å². The number of rotatable bonds is 17. The summed E-state index contributed by atoms with van der Waals surface area (Å²) in [5.41, 5.74) is 0. The molecule has 0 fully saturated rings. The molecule has 2 heteroatoms. The van der Waals surface area contributed by atoms with Crippen LogP contribution in [-0.4, -0.2) is 12.6 Å². The normalized spacial score (nSPS) is 11.2. The van der Waals surface area contributed by atoms with Crippen LogP contribution in [0.5, 0.6) is 0 Å². The quantitative estimate of drug-likeness (QED) is 0.164. The van der Waals surface area contributed by atoms with Gasteiger partial charge in [-0.1, -0.05) is 77.4 Å². The summed E-state index contributed by atoms with van der Waals surface area (Å²) in [7, 11) is 0. The van der Waals surface area contributed by atoms with Gasteiger partial charge in [0.25, 0.3) is 0 Å². The van der Waals surface area contributed by atoms with E-state index in [0.717, 1.165) is 19.3 Å². The molecule has 0 aliphatic heterocycles. The molecule has 0 aliphatic carbocycles. The van der Waals surface area contributed by atoms with Crippen LogP contribution in [0.1, 0.15) is 110 Å². The second-order valence-electron chi connectivity index (χ2n) is 6.55. The van der Waals surface area contributed by atoms with E-state index in [0.29, 0.717) is 13.0 Å². The zero-order valence-corrected chi connectivity index (χ0v) is 15.8. The number of carbonyl (C=O) groups excluding carboxylic acids is 1. The molecule has 0 amide bonds. The fourth-order valence-electron chi connectivity index (χ4n) is 2.63. The van der Waals surface area contributed by atoms with Gasteiger partial charge in [-0.2, -0.15) is 0 Å². The maximum absolute atomic E-state index is 11.3. The molecule has 0 aliphatic rings. The first kappa shape index (κ1) is 22.2. The summed E-state index contributed by atoms with van der Waals surface area (Å²) in [6.45, 7) is 4.86. The topological polar surface area (TPSA) is 26.3 Å². The number of allylic oxidation sites excluding steroid dienone is 2. The molecular weight excluding hydrogens is 284 g/mol. The van der Waals surface area contributed by atoms with Gasteiger partial charge in [0.05, 0.1) is 6.61 Å². The molecule has 136 valence electrons. The van der Waals surface area contributed by atoms with Crippen molar-refractivity contribution in [1.29, 1.82) is 0 Å². The highest BCUT2D eigenvalue weighted by Gasteiger charge is 2.01. The van der Waals surface area contributed by atoms with E-state index < -0.39 is 0 Å². The maximum Gasteiger partial charge on any atom is 0.305 e. The van der Waals surface area contributed by atoms with Crippen LogP contribution in [0.25, 0.3) is 0 Å². The zero-order chi connectivity index (χ0) is 17.0. The van der Waals surface area contributed by atoms with Gasteiger partial charge in [0.15, 0.2) is 0 Å². The Hall–Kier alpha value is -0.790. The van der Waals surface area contributed by atoms with Gasteiger partial charge in [-0.3, -0.25) is 4.79 Å². The zero-order valence-electron chi connectivity index (χ0n) is 15.8. The largest absolute Gasteiger partial charge is 0.466 e. The standard InChI is InChI=1S/C21H40O2/c1-3-5-6-7-8-9-10-11-12-13-14-15-16-17-18-19-21(22)23-20-4-2/h11-12H,3-10,13-20H2,1-2H3. The van der Waals surface area contributed by atoms with Crippen LogP contribution in [0.4, 0.5) is 0 Å². The van der Waals surface area contributed by atoms with Crippen molar-refractivity contribution >= 4 is 5.97 Å². The van der Waals surface area contributed by atoms with Crippen molar-refractivity contribution in [1.82, 2.24) is 0 Å². The summed E-state index contributed by atoms with van der Waals surface area (Å²) in [4.78, 5) is 11.3. The smallest absolute Gasteiger partial charge is 0.305 e. The summed E-state index contributed by atoms with van der Waals surface area (Å²) in [5.74, 6) is -0.0236. The lowest BCUT2D eigenvalue weighted by molar-refractivity contribution is -0.143. The van der Waals surface area contributed by atoms with Crippen molar-refractivity contribution in [2.75, 3.05) is 6.61 Å². The Labute approximate surface area is 145 Å². The lowest BCUT2D eigenvalue weighted by Gasteiger charge is -2.03. The average molecular weight is 325 g/mol. The predicted molar refractivity (Wildman–Crippen MR) is 101 cm³/mol. The van der Waals surface area contributed by atoms with Crippen molar-refractivity contribution < 1.29 is 9.53 Å². The summed E-state index contributed by atoms with van der Waals surface area (Å²) in [6, 6.07) is 0. The Morgan fingerprint density at radius 2 is 1.22 bits per heavy atom. The Morgan fingerprint density at radius 1 is 0.696 bits per heavy atom. The van der Waals surface area contributed by atoms with Crippen molar-refractivity contribution in [2.24, 2.45) is 0 Å². The molecule has 0 bridgehead atoms. The van der Waals surface area contributed by atoms with E-state index in [1.54, 1.807) is 0 Å². The molecular formula is C21H40O2. The first-order valence-electron chi connectivity index (χ1n) is 10.1. The minimum absolute atomic E-state index is 0.0236. The highest BCUT2D eigenvalue weighted by molar-refractivity contribution is 5.69. The molecule has 0 atom stereocenters. The Bertz CT molecular complexity index is 271. The van der Waals surface area contributed by atoms with Gasteiger partial charge < -0.3 is 4.74 Å². The van der Waals surface area contributed by atoms with Crippen molar-refractivity contribution in [3.8, 4) is 0 Å². The lowest BCUT2D eigenvalue weighted by atomic mass is 10.1. The van der Waals surface area contributed by atoms with Gasteiger partial charge in [-0.15, -0.1) is 0 Å². The number of hydrogen-bond acceptors (Lipinski definition) is 2. The van der Waals surface area contributed by atoms with Gasteiger partial charge >= 0.3 is 5.97 Å². The van der Waals surface area contributed by atoms with Gasteiger partial charge in [-0.25, -0.2) is 0 Å².